The van der Waals surface area contributed by atoms with Crippen LogP contribution in [0, 0.1) is 0 Å². The van der Waals surface area contributed by atoms with Crippen molar-refractivity contribution in [2.45, 2.75) is 6.92 Å². The summed E-state index contributed by atoms with van der Waals surface area (Å²) in [6, 6.07) is 5.62. The van der Waals surface area contributed by atoms with Gasteiger partial charge >= 0.3 is 0 Å². The van der Waals surface area contributed by atoms with E-state index in [1.165, 1.54) is 17.3 Å². The monoisotopic (exact) mass is 246 g/mol. The lowest BCUT2D eigenvalue weighted by molar-refractivity contribution is 0.311. The molecule has 0 saturated heterocycles. The maximum absolute atomic E-state index is 5.44. The lowest BCUT2D eigenvalue weighted by Gasteiger charge is -2.09. The van der Waals surface area contributed by atoms with Crippen molar-refractivity contribution in [1.29, 1.82) is 0 Å². The second-order valence-electron chi connectivity index (χ2n) is 3.43. The molecule has 0 saturated carbocycles. The van der Waals surface area contributed by atoms with E-state index in [9.17, 15) is 0 Å². The summed E-state index contributed by atoms with van der Waals surface area (Å²) >= 11 is 0. The van der Waals surface area contributed by atoms with Crippen LogP contribution in [0.2, 0.25) is 0 Å². The van der Waals surface area contributed by atoms with Gasteiger partial charge in [-0.25, -0.2) is 4.68 Å². The highest BCUT2D eigenvalue weighted by Gasteiger charge is 2.03. The molecule has 0 aliphatic heterocycles. The Kier molecular flexibility index (Phi) is 3.90. The minimum atomic E-state index is 0.602. The van der Waals surface area contributed by atoms with E-state index >= 15 is 0 Å². The summed E-state index contributed by atoms with van der Waals surface area (Å²) < 4.78 is 12.2. The van der Waals surface area contributed by atoms with Gasteiger partial charge in [0.15, 0.2) is 11.5 Å². The first kappa shape index (κ1) is 12.1. The van der Waals surface area contributed by atoms with Crippen LogP contribution in [0.25, 0.3) is 0 Å². The van der Waals surface area contributed by atoms with Gasteiger partial charge in [0.1, 0.15) is 12.7 Å². The molecule has 1 aromatic carbocycles. The van der Waals surface area contributed by atoms with Crippen LogP contribution < -0.4 is 9.47 Å². The van der Waals surface area contributed by atoms with Crippen LogP contribution in [0.5, 0.6) is 11.5 Å². The van der Waals surface area contributed by atoms with Gasteiger partial charge in [0.05, 0.1) is 19.9 Å². The molecule has 94 valence electrons. The van der Waals surface area contributed by atoms with Crippen LogP contribution in [0.1, 0.15) is 12.5 Å². The zero-order chi connectivity index (χ0) is 12.8. The highest BCUT2D eigenvalue weighted by atomic mass is 16.5. The molecule has 0 radical (unpaired) electrons. The van der Waals surface area contributed by atoms with Crippen LogP contribution in [0.4, 0.5) is 0 Å². The van der Waals surface area contributed by atoms with Crippen molar-refractivity contribution in [1.82, 2.24) is 14.9 Å². The molecule has 0 spiro atoms. The van der Waals surface area contributed by atoms with Crippen molar-refractivity contribution in [2.24, 2.45) is 5.10 Å². The first-order valence-corrected chi connectivity index (χ1v) is 5.53. The molecule has 0 aliphatic carbocycles. The summed E-state index contributed by atoms with van der Waals surface area (Å²) in [5.74, 6) is 1.41. The molecular formula is C12H14N4O2. The smallest absolute Gasteiger partial charge is 0.161 e. The summed E-state index contributed by atoms with van der Waals surface area (Å²) in [5.41, 5.74) is 0.906. The molecule has 2 aromatic rings. The summed E-state index contributed by atoms with van der Waals surface area (Å²) in [5, 5.41) is 11.5. The Labute approximate surface area is 105 Å². The molecule has 6 nitrogen and oxygen atoms in total. The van der Waals surface area contributed by atoms with Crippen LogP contribution in [-0.2, 0) is 0 Å². The minimum Gasteiger partial charge on any atom is -0.493 e. The Hall–Kier alpha value is -2.37. The van der Waals surface area contributed by atoms with Crippen molar-refractivity contribution in [2.75, 3.05) is 13.7 Å². The van der Waals surface area contributed by atoms with Crippen molar-refractivity contribution in [3.8, 4) is 11.5 Å². The zero-order valence-corrected chi connectivity index (χ0v) is 10.3. The lowest BCUT2D eigenvalue weighted by atomic mass is 10.2. The third-order valence-electron chi connectivity index (χ3n) is 2.23. The van der Waals surface area contributed by atoms with Crippen LogP contribution in [-0.4, -0.2) is 34.8 Å². The quantitative estimate of drug-likeness (QED) is 0.751. The van der Waals surface area contributed by atoms with Gasteiger partial charge in [-0.1, -0.05) is 0 Å². The zero-order valence-electron chi connectivity index (χ0n) is 10.3. The first-order valence-electron chi connectivity index (χ1n) is 5.53. The number of benzene rings is 1. The molecule has 0 unspecified atom stereocenters. The van der Waals surface area contributed by atoms with Crippen LogP contribution in [0.3, 0.4) is 0 Å². The number of ether oxygens (including phenoxy) is 2. The fourth-order valence-electron chi connectivity index (χ4n) is 1.43. The Balaban J connectivity index is 2.19. The molecule has 0 amide bonds. The number of rotatable bonds is 5. The topological polar surface area (TPSA) is 61.5 Å². The summed E-state index contributed by atoms with van der Waals surface area (Å²) in [7, 11) is 1.61. The molecule has 1 aromatic heterocycles. The van der Waals surface area contributed by atoms with Gasteiger partial charge in [-0.05, 0) is 30.7 Å². The van der Waals surface area contributed by atoms with E-state index in [0.717, 1.165) is 11.3 Å². The molecular weight excluding hydrogens is 232 g/mol. The predicted octanol–water partition coefficient (Wildman–Crippen LogP) is 1.57. The average molecular weight is 246 g/mol. The molecule has 18 heavy (non-hydrogen) atoms. The maximum atomic E-state index is 5.44. The van der Waals surface area contributed by atoms with E-state index in [1.54, 1.807) is 13.3 Å². The van der Waals surface area contributed by atoms with Crippen molar-refractivity contribution >= 4 is 6.21 Å². The van der Waals surface area contributed by atoms with Gasteiger partial charge in [-0.2, -0.15) is 5.10 Å². The molecule has 0 fully saturated rings. The Morgan fingerprint density at radius 2 is 2.06 bits per heavy atom. The van der Waals surface area contributed by atoms with Gasteiger partial charge in [-0.3, -0.25) is 0 Å². The number of methoxy groups -OCH3 is 1. The highest BCUT2D eigenvalue weighted by molar-refractivity contribution is 5.80. The lowest BCUT2D eigenvalue weighted by Crippen LogP contribution is -1.96. The molecule has 0 N–H and O–H groups in total. The molecule has 0 atom stereocenters. The number of aromatic nitrogens is 3. The second kappa shape index (κ2) is 5.81. The first-order chi connectivity index (χ1) is 8.83. The van der Waals surface area contributed by atoms with E-state index in [1.807, 2.05) is 25.1 Å². The normalized spacial score (nSPS) is 10.8. The molecule has 1 heterocycles. The number of hydrogen-bond donors (Lipinski definition) is 0. The highest BCUT2D eigenvalue weighted by Crippen LogP contribution is 2.27. The third kappa shape index (κ3) is 2.85. The number of nitrogens with zero attached hydrogens (tertiary/aromatic N) is 4. The van der Waals surface area contributed by atoms with E-state index in [2.05, 4.69) is 15.3 Å². The average Bonchev–Trinajstić information content (AvgIpc) is 2.91. The van der Waals surface area contributed by atoms with Crippen LogP contribution in [0.15, 0.2) is 36.0 Å². The van der Waals surface area contributed by atoms with E-state index < -0.39 is 0 Å². The van der Waals surface area contributed by atoms with Gasteiger partial charge in [0, 0.05) is 0 Å². The maximum Gasteiger partial charge on any atom is 0.161 e. The van der Waals surface area contributed by atoms with Gasteiger partial charge < -0.3 is 9.47 Å². The fraction of sp³-hybridized carbons (Fsp3) is 0.250. The summed E-state index contributed by atoms with van der Waals surface area (Å²) in [6.07, 6.45) is 4.73. The van der Waals surface area contributed by atoms with Crippen LogP contribution >= 0.6 is 0 Å². The largest absolute Gasteiger partial charge is 0.493 e. The molecule has 0 aliphatic rings. The standard InChI is InChI=1S/C12H14N4O2/c1-3-18-11-5-4-10(6-12(11)17-2)7-15-16-8-13-14-9-16/h4-9H,3H2,1-2H3/b15-7-. The fourth-order valence-corrected chi connectivity index (χ4v) is 1.43. The summed E-state index contributed by atoms with van der Waals surface area (Å²) in [4.78, 5) is 0. The predicted molar refractivity (Wildman–Crippen MR) is 67.2 cm³/mol. The van der Waals surface area contributed by atoms with Gasteiger partial charge in [0.2, 0.25) is 0 Å². The van der Waals surface area contributed by atoms with Gasteiger partial charge in [-0.15, -0.1) is 10.2 Å². The SMILES string of the molecule is CCOc1ccc(/C=N\n2cnnc2)cc1OC. The van der Waals surface area contributed by atoms with E-state index in [0.29, 0.717) is 12.4 Å². The van der Waals surface area contributed by atoms with E-state index in [-0.39, 0.29) is 0 Å². The molecule has 0 bridgehead atoms. The summed E-state index contributed by atoms with van der Waals surface area (Å²) in [6.45, 7) is 2.53. The third-order valence-corrected chi connectivity index (χ3v) is 2.23. The van der Waals surface area contributed by atoms with E-state index in [4.69, 9.17) is 9.47 Å². The Morgan fingerprint density at radius 1 is 1.28 bits per heavy atom. The second-order valence-corrected chi connectivity index (χ2v) is 3.43. The van der Waals surface area contributed by atoms with Crippen molar-refractivity contribution in [3.05, 3.63) is 36.4 Å². The molecule has 2 rings (SSSR count). The molecule has 6 heteroatoms. The van der Waals surface area contributed by atoms with Crippen molar-refractivity contribution < 1.29 is 9.47 Å². The Bertz CT molecular complexity index is 523. The van der Waals surface area contributed by atoms with Crippen molar-refractivity contribution in [3.63, 3.8) is 0 Å². The van der Waals surface area contributed by atoms with Gasteiger partial charge in [0.25, 0.3) is 0 Å². The number of hydrogen-bond acceptors (Lipinski definition) is 5. The Morgan fingerprint density at radius 3 is 2.72 bits per heavy atom. The minimum absolute atomic E-state index is 0.602.